The third-order valence-electron chi connectivity index (χ3n) is 5.69. The zero-order chi connectivity index (χ0) is 19.7. The molecule has 4 rings (SSSR count). The standard InChI is InChI=1S/C21H23N3O4.ClH/c1-27-17-5-3-13(4-6-17)19-18-11-23-10-16(18)12-24(19)20(25)14-7-15(9-22-8-14)21(26)28-2;/h3-9,16,18-19,23H,10-12H2,1-2H3;1H/t16-,18-,19+;/m0./s1. The van der Waals surface area contributed by atoms with Crippen molar-refractivity contribution in [2.45, 2.75) is 6.04 Å². The van der Waals surface area contributed by atoms with E-state index in [1.807, 2.05) is 29.2 Å². The molecule has 2 aliphatic heterocycles. The molecule has 0 spiro atoms. The Bertz CT molecular complexity index is 890. The van der Waals surface area contributed by atoms with Crippen LogP contribution in [0.5, 0.6) is 5.75 Å². The Morgan fingerprint density at radius 1 is 1.10 bits per heavy atom. The number of rotatable bonds is 4. The first kappa shape index (κ1) is 21.1. The number of ether oxygens (including phenoxy) is 2. The molecule has 1 aromatic carbocycles. The normalized spacial score (nSPS) is 22.6. The first-order chi connectivity index (χ1) is 13.6. The average molecular weight is 418 g/mol. The van der Waals surface area contributed by atoms with Crippen LogP contribution in [0.1, 0.15) is 32.3 Å². The van der Waals surface area contributed by atoms with Gasteiger partial charge in [0.1, 0.15) is 5.75 Å². The first-order valence-electron chi connectivity index (χ1n) is 9.31. The Balaban J connectivity index is 0.00000240. The molecule has 3 atom stereocenters. The summed E-state index contributed by atoms with van der Waals surface area (Å²) < 4.78 is 10.0. The quantitative estimate of drug-likeness (QED) is 0.769. The number of likely N-dealkylation sites (tertiary alicyclic amines) is 1. The molecule has 8 heteroatoms. The SMILES string of the molecule is COC(=O)c1cncc(C(=O)N2C[C@@H]3CNC[C@@H]3[C@H]2c2ccc(OC)cc2)c1.Cl. The van der Waals surface area contributed by atoms with Crippen molar-refractivity contribution in [2.24, 2.45) is 11.8 Å². The van der Waals surface area contributed by atoms with Gasteiger partial charge in [0.2, 0.25) is 0 Å². The summed E-state index contributed by atoms with van der Waals surface area (Å²) in [7, 11) is 2.95. The summed E-state index contributed by atoms with van der Waals surface area (Å²) in [5.41, 5.74) is 1.76. The first-order valence-corrected chi connectivity index (χ1v) is 9.31. The van der Waals surface area contributed by atoms with Gasteiger partial charge in [-0.1, -0.05) is 12.1 Å². The Morgan fingerprint density at radius 3 is 2.52 bits per heavy atom. The molecule has 2 aliphatic rings. The highest BCUT2D eigenvalue weighted by Gasteiger charge is 2.46. The maximum absolute atomic E-state index is 13.3. The number of fused-ring (bicyclic) bond motifs is 1. The van der Waals surface area contributed by atoms with E-state index in [-0.39, 0.29) is 29.9 Å². The van der Waals surface area contributed by atoms with Gasteiger partial charge in [0.25, 0.3) is 5.91 Å². The van der Waals surface area contributed by atoms with Crippen LogP contribution in [0.15, 0.2) is 42.7 Å². The van der Waals surface area contributed by atoms with Gasteiger partial charge in [-0.15, -0.1) is 12.4 Å². The van der Waals surface area contributed by atoms with E-state index in [9.17, 15) is 9.59 Å². The van der Waals surface area contributed by atoms with E-state index >= 15 is 0 Å². The highest BCUT2D eigenvalue weighted by molar-refractivity contribution is 5.97. The van der Waals surface area contributed by atoms with Crippen molar-refractivity contribution in [3.8, 4) is 5.75 Å². The maximum Gasteiger partial charge on any atom is 0.339 e. The van der Waals surface area contributed by atoms with Crippen molar-refractivity contribution < 1.29 is 19.1 Å². The number of nitrogens with one attached hydrogen (secondary N) is 1. The van der Waals surface area contributed by atoms with Crippen LogP contribution in [-0.4, -0.2) is 55.6 Å². The van der Waals surface area contributed by atoms with Crippen LogP contribution in [0, 0.1) is 11.8 Å². The molecule has 0 radical (unpaired) electrons. The minimum absolute atomic E-state index is 0. The molecule has 2 aromatic rings. The number of carbonyl (C=O) groups excluding carboxylic acids is 2. The number of halogens is 1. The van der Waals surface area contributed by atoms with E-state index in [1.165, 1.54) is 19.5 Å². The second kappa shape index (κ2) is 8.80. The Morgan fingerprint density at radius 2 is 1.83 bits per heavy atom. The lowest BCUT2D eigenvalue weighted by Gasteiger charge is -2.28. The van der Waals surface area contributed by atoms with Gasteiger partial charge in [-0.05, 0) is 29.7 Å². The molecule has 1 amide bonds. The lowest BCUT2D eigenvalue weighted by Crippen LogP contribution is -2.34. The van der Waals surface area contributed by atoms with Gasteiger partial charge in [-0.3, -0.25) is 9.78 Å². The third kappa shape index (κ3) is 3.93. The summed E-state index contributed by atoms with van der Waals surface area (Å²) >= 11 is 0. The summed E-state index contributed by atoms with van der Waals surface area (Å²) in [5.74, 6) is 0.933. The number of pyridine rings is 1. The summed E-state index contributed by atoms with van der Waals surface area (Å²) in [6.45, 7) is 2.46. The van der Waals surface area contributed by atoms with Crippen LogP contribution >= 0.6 is 12.4 Å². The number of hydrogen-bond acceptors (Lipinski definition) is 6. The lowest BCUT2D eigenvalue weighted by molar-refractivity contribution is 0.0600. The molecule has 1 aromatic heterocycles. The highest BCUT2D eigenvalue weighted by atomic mass is 35.5. The Hall–Kier alpha value is -2.64. The number of aromatic nitrogens is 1. The van der Waals surface area contributed by atoms with E-state index in [1.54, 1.807) is 13.2 Å². The van der Waals surface area contributed by atoms with Crippen molar-refractivity contribution in [1.29, 1.82) is 0 Å². The van der Waals surface area contributed by atoms with Crippen LogP contribution in [-0.2, 0) is 4.74 Å². The summed E-state index contributed by atoms with van der Waals surface area (Å²) in [5, 5.41) is 3.44. The zero-order valence-electron chi connectivity index (χ0n) is 16.3. The second-order valence-corrected chi connectivity index (χ2v) is 7.21. The van der Waals surface area contributed by atoms with Crippen molar-refractivity contribution in [3.05, 3.63) is 59.4 Å². The summed E-state index contributed by atoms with van der Waals surface area (Å²) in [6, 6.07) is 9.42. The molecule has 7 nitrogen and oxygen atoms in total. The largest absolute Gasteiger partial charge is 0.497 e. The van der Waals surface area contributed by atoms with Gasteiger partial charge in [0, 0.05) is 37.9 Å². The van der Waals surface area contributed by atoms with Crippen LogP contribution in [0.4, 0.5) is 0 Å². The topological polar surface area (TPSA) is 80.8 Å². The molecule has 2 fully saturated rings. The minimum Gasteiger partial charge on any atom is -0.497 e. The number of hydrogen-bond donors (Lipinski definition) is 1. The number of methoxy groups -OCH3 is 2. The zero-order valence-corrected chi connectivity index (χ0v) is 17.1. The van der Waals surface area contributed by atoms with Crippen molar-refractivity contribution in [1.82, 2.24) is 15.2 Å². The van der Waals surface area contributed by atoms with Gasteiger partial charge >= 0.3 is 5.97 Å². The molecule has 29 heavy (non-hydrogen) atoms. The Kier molecular flexibility index (Phi) is 6.39. The Labute approximate surface area is 175 Å². The second-order valence-electron chi connectivity index (χ2n) is 7.21. The van der Waals surface area contributed by atoms with Crippen LogP contribution in [0.2, 0.25) is 0 Å². The van der Waals surface area contributed by atoms with Gasteiger partial charge in [0.15, 0.2) is 0 Å². The maximum atomic E-state index is 13.3. The fourth-order valence-corrected chi connectivity index (χ4v) is 4.31. The molecule has 2 saturated heterocycles. The molecule has 3 heterocycles. The van der Waals surface area contributed by atoms with Crippen LogP contribution in [0.3, 0.4) is 0 Å². The minimum atomic E-state index is -0.503. The van der Waals surface area contributed by atoms with E-state index in [0.29, 0.717) is 23.9 Å². The molecule has 0 aliphatic carbocycles. The van der Waals surface area contributed by atoms with E-state index < -0.39 is 5.97 Å². The summed E-state index contributed by atoms with van der Waals surface area (Å²) in [6.07, 6.45) is 2.92. The molecule has 0 bridgehead atoms. The van der Waals surface area contributed by atoms with E-state index in [0.717, 1.165) is 24.4 Å². The number of amides is 1. The average Bonchev–Trinajstić information content (AvgIpc) is 3.34. The third-order valence-corrected chi connectivity index (χ3v) is 5.69. The fourth-order valence-electron chi connectivity index (χ4n) is 4.31. The monoisotopic (exact) mass is 417 g/mol. The number of esters is 1. The van der Waals surface area contributed by atoms with E-state index in [2.05, 4.69) is 10.3 Å². The predicted octanol–water partition coefficient (Wildman–Crippen LogP) is 2.33. The van der Waals surface area contributed by atoms with Crippen molar-refractivity contribution >= 4 is 24.3 Å². The van der Waals surface area contributed by atoms with Gasteiger partial charge in [-0.2, -0.15) is 0 Å². The van der Waals surface area contributed by atoms with Crippen LogP contribution < -0.4 is 10.1 Å². The van der Waals surface area contributed by atoms with Crippen LogP contribution in [0.25, 0.3) is 0 Å². The van der Waals surface area contributed by atoms with Gasteiger partial charge in [-0.25, -0.2) is 4.79 Å². The predicted molar refractivity (Wildman–Crippen MR) is 109 cm³/mol. The molecule has 0 saturated carbocycles. The van der Waals surface area contributed by atoms with Crippen molar-refractivity contribution in [3.63, 3.8) is 0 Å². The van der Waals surface area contributed by atoms with Gasteiger partial charge < -0.3 is 19.7 Å². The molecule has 0 unspecified atom stereocenters. The molecule has 1 N–H and O–H groups in total. The fraction of sp³-hybridized carbons (Fsp3) is 0.381. The van der Waals surface area contributed by atoms with Gasteiger partial charge in [0.05, 0.1) is 31.4 Å². The van der Waals surface area contributed by atoms with Crippen molar-refractivity contribution in [2.75, 3.05) is 33.9 Å². The smallest absolute Gasteiger partial charge is 0.339 e. The summed E-state index contributed by atoms with van der Waals surface area (Å²) in [4.78, 5) is 31.1. The number of carbonyl (C=O) groups is 2. The molecular formula is C21H24ClN3O4. The molecule has 154 valence electrons. The molecular weight excluding hydrogens is 394 g/mol. The van der Waals surface area contributed by atoms with E-state index in [4.69, 9.17) is 9.47 Å². The number of nitrogens with zero attached hydrogens (tertiary/aromatic N) is 2. The lowest BCUT2D eigenvalue weighted by atomic mass is 9.89. The highest BCUT2D eigenvalue weighted by Crippen LogP contribution is 2.43. The number of benzene rings is 1.